The molecule has 2 heterocycles. The molecule has 1 unspecified atom stereocenters. The molecule has 1 amide bonds. The maximum Gasteiger partial charge on any atom is 0.323 e. The molecular formula is C30H38N4O6S. The fraction of sp³-hybridized carbons (Fsp3) is 0.533. The van der Waals surface area contributed by atoms with Crippen LogP contribution in [0.2, 0.25) is 0 Å². The van der Waals surface area contributed by atoms with Crippen molar-refractivity contribution in [2.45, 2.75) is 64.8 Å². The molecule has 5 rings (SSSR count). The molecule has 1 aliphatic heterocycles. The molecule has 0 spiro atoms. The van der Waals surface area contributed by atoms with E-state index in [2.05, 4.69) is 27.5 Å². The van der Waals surface area contributed by atoms with Crippen LogP contribution in [0.1, 0.15) is 66.7 Å². The predicted molar refractivity (Wildman–Crippen MR) is 154 cm³/mol. The van der Waals surface area contributed by atoms with Crippen molar-refractivity contribution in [1.82, 2.24) is 15.0 Å². The number of aryl methyl sites for hydroxylation is 3. The first-order valence-corrected chi connectivity index (χ1v) is 15.9. The highest BCUT2D eigenvalue weighted by Crippen LogP contribution is 2.64. The average Bonchev–Trinajstić information content (AvgIpc) is 3.28. The van der Waals surface area contributed by atoms with Crippen molar-refractivity contribution in [3.63, 3.8) is 0 Å². The minimum absolute atomic E-state index is 0.0660. The molecular weight excluding hydrogens is 544 g/mol. The van der Waals surface area contributed by atoms with E-state index >= 15 is 0 Å². The molecule has 2 saturated carbocycles. The zero-order valence-electron chi connectivity index (χ0n) is 23.5. The molecule has 0 radical (unpaired) electrons. The first-order chi connectivity index (χ1) is 19.4. The number of amides is 1. The van der Waals surface area contributed by atoms with Crippen LogP contribution in [0.4, 0.5) is 5.82 Å². The number of pyridine rings is 1. The molecule has 220 valence electrons. The zero-order valence-corrected chi connectivity index (χ0v) is 24.4. The van der Waals surface area contributed by atoms with Gasteiger partial charge in [-0.2, -0.15) is 4.72 Å². The molecule has 3 aliphatic rings. The number of benzene rings is 1. The Labute approximate surface area is 240 Å². The van der Waals surface area contributed by atoms with Gasteiger partial charge in [0.05, 0.1) is 5.75 Å². The van der Waals surface area contributed by atoms with E-state index in [0.29, 0.717) is 18.4 Å². The van der Waals surface area contributed by atoms with Gasteiger partial charge in [-0.05, 0) is 79.2 Å². The Morgan fingerprint density at radius 2 is 1.90 bits per heavy atom. The third-order valence-corrected chi connectivity index (χ3v) is 11.0. The highest BCUT2D eigenvalue weighted by Gasteiger charge is 2.65. The number of anilines is 1. The summed E-state index contributed by atoms with van der Waals surface area (Å²) >= 11 is 0. The average molecular weight is 583 g/mol. The number of aromatic nitrogens is 1. The number of hydrogen-bond acceptors (Lipinski definition) is 7. The van der Waals surface area contributed by atoms with Gasteiger partial charge in [-0.1, -0.05) is 32.0 Å². The van der Waals surface area contributed by atoms with Gasteiger partial charge in [0.1, 0.15) is 17.6 Å². The quantitative estimate of drug-likeness (QED) is 0.315. The van der Waals surface area contributed by atoms with Crippen molar-refractivity contribution < 1.29 is 27.9 Å². The summed E-state index contributed by atoms with van der Waals surface area (Å²) in [5, 5.41) is 15.5. The second-order valence-electron chi connectivity index (χ2n) is 12.2. The van der Waals surface area contributed by atoms with Crippen molar-refractivity contribution >= 4 is 33.5 Å². The van der Waals surface area contributed by atoms with Crippen LogP contribution in [-0.2, 0) is 38.9 Å². The topological polar surface area (TPSA) is 155 Å². The minimum Gasteiger partial charge on any atom is -0.480 e. The third-order valence-electron chi connectivity index (χ3n) is 9.50. The second kappa shape index (κ2) is 11.2. The maximum atomic E-state index is 13.1. The molecule has 2 bridgehead atoms. The number of nitrogens with one attached hydrogen (secondary N) is 3. The van der Waals surface area contributed by atoms with Crippen molar-refractivity contribution in [2.24, 2.45) is 16.7 Å². The number of carboxylic acid groups (broad SMARTS) is 1. The Hall–Kier alpha value is -3.31. The minimum atomic E-state index is -4.12. The third kappa shape index (κ3) is 5.88. The maximum absolute atomic E-state index is 13.1. The number of carbonyl (C=O) groups is 3. The number of sulfonamides is 1. The van der Waals surface area contributed by atoms with Gasteiger partial charge in [0.15, 0.2) is 0 Å². The summed E-state index contributed by atoms with van der Waals surface area (Å²) in [6, 6.07) is 9.63. The highest BCUT2D eigenvalue weighted by molar-refractivity contribution is 7.89. The molecule has 2 fully saturated rings. The van der Waals surface area contributed by atoms with Crippen LogP contribution >= 0.6 is 0 Å². The van der Waals surface area contributed by atoms with Crippen molar-refractivity contribution in [1.29, 1.82) is 0 Å². The van der Waals surface area contributed by atoms with E-state index in [1.807, 2.05) is 26.0 Å². The number of carboxylic acids is 1. The van der Waals surface area contributed by atoms with Crippen LogP contribution in [0, 0.1) is 16.7 Å². The first-order valence-electron chi connectivity index (χ1n) is 14.3. The Bertz CT molecular complexity index is 1460. The number of carbonyl (C=O) groups excluding carboxylic acids is 2. The monoisotopic (exact) mass is 582 g/mol. The number of Topliss-reactive ketones (excluding diaryl/α,β-unsaturated/α-hetero) is 1. The van der Waals surface area contributed by atoms with Gasteiger partial charge in [-0.25, -0.2) is 13.4 Å². The van der Waals surface area contributed by atoms with E-state index in [1.54, 1.807) is 12.1 Å². The van der Waals surface area contributed by atoms with Crippen LogP contribution in [0.15, 0.2) is 36.4 Å². The van der Waals surface area contributed by atoms with E-state index < -0.39 is 51.1 Å². The predicted octanol–water partition coefficient (Wildman–Crippen LogP) is 2.72. The van der Waals surface area contributed by atoms with Gasteiger partial charge < -0.3 is 15.7 Å². The molecule has 2 aliphatic carbocycles. The van der Waals surface area contributed by atoms with Crippen LogP contribution in [-0.4, -0.2) is 61.1 Å². The molecule has 1 aromatic heterocycles. The van der Waals surface area contributed by atoms with Crippen LogP contribution in [0.25, 0.3) is 0 Å². The number of hydrogen-bond donors (Lipinski definition) is 4. The fourth-order valence-electron chi connectivity index (χ4n) is 6.77. The lowest BCUT2D eigenvalue weighted by Crippen LogP contribution is -2.52. The normalized spacial score (nSPS) is 23.5. The molecule has 2 aromatic rings. The summed E-state index contributed by atoms with van der Waals surface area (Å²) in [5.74, 6) is -1.32. The fourth-order valence-corrected chi connectivity index (χ4v) is 8.80. The first kappa shape index (κ1) is 29.2. The SMILES string of the molecule is CC1(C)C2CC[C@@]1(CS(=O)(=O)N[C@H](CNC(=O)c1ccc(CCc3ccc4c(n3)NCCC4)cc1)C(=O)O)C(=O)C2. The van der Waals surface area contributed by atoms with E-state index in [-0.39, 0.29) is 11.7 Å². The van der Waals surface area contributed by atoms with E-state index in [9.17, 15) is 27.9 Å². The molecule has 0 saturated heterocycles. The lowest BCUT2D eigenvalue weighted by Gasteiger charge is -2.36. The summed E-state index contributed by atoms with van der Waals surface area (Å²) < 4.78 is 28.3. The number of fused-ring (bicyclic) bond motifs is 3. The van der Waals surface area contributed by atoms with Crippen molar-refractivity contribution in [2.75, 3.05) is 24.2 Å². The van der Waals surface area contributed by atoms with Gasteiger partial charge in [0, 0.05) is 36.2 Å². The van der Waals surface area contributed by atoms with Gasteiger partial charge in [-0.3, -0.25) is 14.4 Å². The second-order valence-corrected chi connectivity index (χ2v) is 13.9. The zero-order chi connectivity index (χ0) is 29.4. The van der Waals surface area contributed by atoms with Crippen molar-refractivity contribution in [3.8, 4) is 0 Å². The summed E-state index contributed by atoms with van der Waals surface area (Å²) in [5.41, 5.74) is 2.13. The van der Waals surface area contributed by atoms with Crippen LogP contribution < -0.4 is 15.4 Å². The smallest absolute Gasteiger partial charge is 0.323 e. The van der Waals surface area contributed by atoms with Crippen LogP contribution in [0.3, 0.4) is 0 Å². The summed E-state index contributed by atoms with van der Waals surface area (Å²) in [6.07, 6.45) is 5.29. The lowest BCUT2D eigenvalue weighted by molar-refractivity contribution is -0.138. The van der Waals surface area contributed by atoms with Gasteiger partial charge in [-0.15, -0.1) is 0 Å². The molecule has 41 heavy (non-hydrogen) atoms. The van der Waals surface area contributed by atoms with Gasteiger partial charge >= 0.3 is 5.97 Å². The summed E-state index contributed by atoms with van der Waals surface area (Å²) in [4.78, 5) is 42.1. The number of rotatable bonds is 11. The van der Waals surface area contributed by atoms with Crippen LogP contribution in [0.5, 0.6) is 0 Å². The largest absolute Gasteiger partial charge is 0.480 e. The Morgan fingerprint density at radius 3 is 2.56 bits per heavy atom. The van der Waals surface area contributed by atoms with E-state index in [1.165, 1.54) is 5.56 Å². The number of aliphatic carboxylic acids is 1. The standard InChI is InChI=1S/C30H38N4O6S/c1-29(2)22-13-14-30(29,25(35)16-22)18-41(39,40)34-24(28(37)38)17-32-27(36)21-8-5-19(6-9-21)7-11-23-12-10-20-4-3-15-31-26(20)33-23/h5-6,8-10,12,22,24,34H,3-4,7,11,13-18H2,1-2H3,(H,31,33)(H,32,36)(H,37,38)/t22?,24-,30-/m1/s1. The summed E-state index contributed by atoms with van der Waals surface area (Å²) in [6.45, 7) is 4.36. The molecule has 11 heteroatoms. The number of ketones is 1. The summed E-state index contributed by atoms with van der Waals surface area (Å²) in [7, 11) is -4.12. The Morgan fingerprint density at radius 1 is 1.15 bits per heavy atom. The number of nitrogens with zero attached hydrogens (tertiary/aromatic N) is 1. The molecule has 1 aromatic carbocycles. The Kier molecular flexibility index (Phi) is 7.95. The Balaban J connectivity index is 1.15. The lowest BCUT2D eigenvalue weighted by atomic mass is 9.70. The van der Waals surface area contributed by atoms with Gasteiger partial charge in [0.2, 0.25) is 10.0 Å². The van der Waals surface area contributed by atoms with Gasteiger partial charge in [0.25, 0.3) is 5.91 Å². The van der Waals surface area contributed by atoms with E-state index in [0.717, 1.165) is 55.7 Å². The molecule has 10 nitrogen and oxygen atoms in total. The molecule has 4 N–H and O–H groups in total. The highest BCUT2D eigenvalue weighted by atomic mass is 32.2. The van der Waals surface area contributed by atoms with Crippen molar-refractivity contribution in [3.05, 3.63) is 58.8 Å². The molecule has 3 atom stereocenters. The van der Waals surface area contributed by atoms with E-state index in [4.69, 9.17) is 4.98 Å².